The minimum Gasteiger partial charge on any atom is -0.369 e. The third kappa shape index (κ3) is 3.19. The first-order chi connectivity index (χ1) is 10.4. The molecule has 22 heavy (non-hydrogen) atoms. The SMILES string of the molecule is O=C1CCC(N2CCN(c3ccc(C(F)(F)F)cc3)CC2)N1. The molecule has 0 aromatic heterocycles. The van der Waals surface area contributed by atoms with Crippen molar-refractivity contribution in [3.8, 4) is 0 Å². The van der Waals surface area contributed by atoms with E-state index >= 15 is 0 Å². The van der Waals surface area contributed by atoms with Crippen LogP contribution >= 0.6 is 0 Å². The number of nitrogens with one attached hydrogen (secondary N) is 1. The van der Waals surface area contributed by atoms with Crippen molar-refractivity contribution < 1.29 is 18.0 Å². The number of nitrogens with zero attached hydrogens (tertiary/aromatic N) is 2. The summed E-state index contributed by atoms with van der Waals surface area (Å²) in [6.45, 7) is 3.09. The zero-order chi connectivity index (χ0) is 15.7. The van der Waals surface area contributed by atoms with Gasteiger partial charge in [0, 0.05) is 38.3 Å². The van der Waals surface area contributed by atoms with Crippen molar-refractivity contribution in [2.75, 3.05) is 31.1 Å². The molecule has 0 saturated carbocycles. The molecule has 2 heterocycles. The molecule has 1 atom stereocenters. The van der Waals surface area contributed by atoms with Crippen LogP contribution in [0.1, 0.15) is 18.4 Å². The van der Waals surface area contributed by atoms with Crippen LogP contribution in [0.15, 0.2) is 24.3 Å². The predicted octanol–water partition coefficient (Wildman–Crippen LogP) is 2.06. The fourth-order valence-corrected chi connectivity index (χ4v) is 3.02. The Hall–Kier alpha value is -1.76. The number of rotatable bonds is 2. The molecule has 2 saturated heterocycles. The number of amides is 1. The molecule has 4 nitrogen and oxygen atoms in total. The highest BCUT2D eigenvalue weighted by molar-refractivity contribution is 5.78. The van der Waals surface area contributed by atoms with Gasteiger partial charge in [0.15, 0.2) is 0 Å². The minimum atomic E-state index is -4.29. The summed E-state index contributed by atoms with van der Waals surface area (Å²) in [6, 6.07) is 5.30. The lowest BCUT2D eigenvalue weighted by Gasteiger charge is -2.38. The largest absolute Gasteiger partial charge is 0.416 e. The van der Waals surface area contributed by atoms with E-state index in [9.17, 15) is 18.0 Å². The summed E-state index contributed by atoms with van der Waals surface area (Å²) in [4.78, 5) is 15.6. The van der Waals surface area contributed by atoms with E-state index in [1.54, 1.807) is 0 Å². The van der Waals surface area contributed by atoms with Crippen LogP contribution in [-0.4, -0.2) is 43.2 Å². The zero-order valence-electron chi connectivity index (χ0n) is 12.1. The monoisotopic (exact) mass is 313 g/mol. The lowest BCUT2D eigenvalue weighted by atomic mass is 10.1. The lowest BCUT2D eigenvalue weighted by Crippen LogP contribution is -2.53. The summed E-state index contributed by atoms with van der Waals surface area (Å²) >= 11 is 0. The molecule has 2 fully saturated rings. The van der Waals surface area contributed by atoms with Crippen LogP contribution in [0, 0.1) is 0 Å². The van der Waals surface area contributed by atoms with Gasteiger partial charge in [0.25, 0.3) is 0 Å². The van der Waals surface area contributed by atoms with Crippen LogP contribution in [0.4, 0.5) is 18.9 Å². The molecular weight excluding hydrogens is 295 g/mol. The molecule has 1 aromatic rings. The van der Waals surface area contributed by atoms with Gasteiger partial charge >= 0.3 is 6.18 Å². The molecule has 1 amide bonds. The maximum atomic E-state index is 12.6. The van der Waals surface area contributed by atoms with Gasteiger partial charge < -0.3 is 10.2 Å². The van der Waals surface area contributed by atoms with Crippen LogP contribution in [0.3, 0.4) is 0 Å². The summed E-state index contributed by atoms with van der Waals surface area (Å²) < 4.78 is 37.7. The molecule has 3 rings (SSSR count). The highest BCUT2D eigenvalue weighted by Gasteiger charge is 2.31. The van der Waals surface area contributed by atoms with Crippen molar-refractivity contribution in [1.82, 2.24) is 10.2 Å². The third-order valence-corrected chi connectivity index (χ3v) is 4.29. The summed E-state index contributed by atoms with van der Waals surface area (Å²) in [5.41, 5.74) is 0.187. The van der Waals surface area contributed by atoms with E-state index < -0.39 is 11.7 Å². The number of hydrogen-bond donors (Lipinski definition) is 1. The van der Waals surface area contributed by atoms with Crippen molar-refractivity contribution >= 4 is 11.6 Å². The quantitative estimate of drug-likeness (QED) is 0.908. The molecule has 0 radical (unpaired) electrons. The number of benzene rings is 1. The van der Waals surface area contributed by atoms with Gasteiger partial charge in [-0.2, -0.15) is 13.2 Å². The summed E-state index contributed by atoms with van der Waals surface area (Å²) in [5.74, 6) is 0.0927. The molecule has 0 spiro atoms. The molecular formula is C15H18F3N3O. The van der Waals surface area contributed by atoms with Crippen LogP contribution in [0.5, 0.6) is 0 Å². The van der Waals surface area contributed by atoms with Crippen molar-refractivity contribution in [3.05, 3.63) is 29.8 Å². The average molecular weight is 313 g/mol. The maximum Gasteiger partial charge on any atom is 0.416 e. The maximum absolute atomic E-state index is 12.6. The molecule has 2 aliphatic heterocycles. The Kier molecular flexibility index (Phi) is 3.99. The Labute approximate surface area is 126 Å². The molecule has 1 unspecified atom stereocenters. The molecule has 0 bridgehead atoms. The van der Waals surface area contributed by atoms with Gasteiger partial charge in [0.2, 0.25) is 5.91 Å². The normalized spacial score (nSPS) is 23.7. The van der Waals surface area contributed by atoms with Crippen molar-refractivity contribution in [1.29, 1.82) is 0 Å². The smallest absolute Gasteiger partial charge is 0.369 e. The Morgan fingerprint density at radius 3 is 2.18 bits per heavy atom. The Bertz CT molecular complexity index is 536. The number of piperazine rings is 1. The second-order valence-electron chi connectivity index (χ2n) is 5.69. The first kappa shape index (κ1) is 15.1. The van der Waals surface area contributed by atoms with E-state index in [0.29, 0.717) is 6.42 Å². The Balaban J connectivity index is 1.58. The van der Waals surface area contributed by atoms with E-state index in [4.69, 9.17) is 0 Å². The van der Waals surface area contributed by atoms with Crippen LogP contribution in [-0.2, 0) is 11.0 Å². The number of carbonyl (C=O) groups is 1. The van der Waals surface area contributed by atoms with Gasteiger partial charge in [-0.1, -0.05) is 0 Å². The number of anilines is 1. The minimum absolute atomic E-state index is 0.0927. The summed E-state index contributed by atoms with van der Waals surface area (Å²) in [5, 5.41) is 2.95. The van der Waals surface area contributed by atoms with Gasteiger partial charge in [-0.3, -0.25) is 9.69 Å². The first-order valence-electron chi connectivity index (χ1n) is 7.39. The number of hydrogen-bond acceptors (Lipinski definition) is 3. The molecule has 120 valence electrons. The highest BCUT2D eigenvalue weighted by atomic mass is 19.4. The van der Waals surface area contributed by atoms with Crippen molar-refractivity contribution in [2.24, 2.45) is 0 Å². The van der Waals surface area contributed by atoms with E-state index in [-0.39, 0.29) is 12.1 Å². The molecule has 2 aliphatic rings. The van der Waals surface area contributed by atoms with Crippen LogP contribution in [0.25, 0.3) is 0 Å². The zero-order valence-corrected chi connectivity index (χ0v) is 12.1. The average Bonchev–Trinajstić information content (AvgIpc) is 2.93. The highest BCUT2D eigenvalue weighted by Crippen LogP contribution is 2.30. The molecule has 1 aromatic carbocycles. The number of alkyl halides is 3. The molecule has 1 N–H and O–H groups in total. The fraction of sp³-hybridized carbons (Fsp3) is 0.533. The molecule has 7 heteroatoms. The Morgan fingerprint density at radius 1 is 1.05 bits per heavy atom. The second-order valence-corrected chi connectivity index (χ2v) is 5.69. The van der Waals surface area contributed by atoms with Gasteiger partial charge in [-0.15, -0.1) is 0 Å². The van der Waals surface area contributed by atoms with Crippen molar-refractivity contribution in [3.63, 3.8) is 0 Å². The van der Waals surface area contributed by atoms with E-state index in [0.717, 1.165) is 50.4 Å². The number of halogens is 3. The lowest BCUT2D eigenvalue weighted by molar-refractivity contribution is -0.137. The third-order valence-electron chi connectivity index (χ3n) is 4.29. The van der Waals surface area contributed by atoms with Gasteiger partial charge in [0.1, 0.15) is 0 Å². The van der Waals surface area contributed by atoms with Crippen LogP contribution < -0.4 is 10.2 Å². The van der Waals surface area contributed by atoms with Crippen molar-refractivity contribution in [2.45, 2.75) is 25.2 Å². The van der Waals surface area contributed by atoms with E-state index in [1.165, 1.54) is 12.1 Å². The topological polar surface area (TPSA) is 35.6 Å². The Morgan fingerprint density at radius 2 is 1.68 bits per heavy atom. The van der Waals surface area contributed by atoms with E-state index in [2.05, 4.69) is 15.1 Å². The fourth-order valence-electron chi connectivity index (χ4n) is 3.02. The second kappa shape index (κ2) is 5.79. The van der Waals surface area contributed by atoms with Gasteiger partial charge in [0.05, 0.1) is 11.7 Å². The molecule has 0 aliphatic carbocycles. The predicted molar refractivity (Wildman–Crippen MR) is 76.4 cm³/mol. The van der Waals surface area contributed by atoms with E-state index in [1.807, 2.05) is 0 Å². The standard InChI is InChI=1S/C15H18F3N3O/c16-15(17,18)11-1-3-12(4-2-11)20-7-9-21(10-8-20)13-5-6-14(22)19-13/h1-4,13H,5-10H2,(H,19,22). The van der Waals surface area contributed by atoms with Gasteiger partial charge in [-0.25, -0.2) is 0 Å². The number of carbonyl (C=O) groups excluding carboxylic acids is 1. The van der Waals surface area contributed by atoms with Crippen LogP contribution in [0.2, 0.25) is 0 Å². The summed E-state index contributed by atoms with van der Waals surface area (Å²) in [6.07, 6.45) is -2.77. The van der Waals surface area contributed by atoms with Gasteiger partial charge in [-0.05, 0) is 30.7 Å². The first-order valence-corrected chi connectivity index (χ1v) is 7.39. The summed E-state index contributed by atoms with van der Waals surface area (Å²) in [7, 11) is 0.